The summed E-state index contributed by atoms with van der Waals surface area (Å²) in [6.45, 7) is 3.54. The molecule has 2 aromatic carbocycles. The second kappa shape index (κ2) is 12.7. The molecule has 3 fully saturated rings. The number of allylic oxidation sites excluding steroid dienone is 2. The summed E-state index contributed by atoms with van der Waals surface area (Å²) >= 11 is 9.84. The van der Waals surface area contributed by atoms with Crippen LogP contribution in [0.15, 0.2) is 48.0 Å². The monoisotopic (exact) mass is 868 g/mol. The zero-order chi connectivity index (χ0) is 37.8. The number of hydrogen-bond acceptors (Lipinski definition) is 9. The molecule has 1 saturated carbocycles. The molecular weight excluding hydrogens is 835 g/mol. The zero-order valence-corrected chi connectivity index (χ0v) is 32.8. The molecule has 274 valence electrons. The number of fused-ring (bicyclic) bond motifs is 5. The number of carbonyl (C=O) groups is 5. The van der Waals surface area contributed by atoms with Crippen molar-refractivity contribution in [3.63, 3.8) is 0 Å². The number of carboxylic acids is 1. The second-order valence-corrected chi connectivity index (χ2v) is 17.0. The van der Waals surface area contributed by atoms with E-state index in [4.69, 9.17) is 21.4 Å². The van der Waals surface area contributed by atoms with Crippen LogP contribution in [0.4, 0.5) is 5.82 Å². The minimum Gasteiger partial charge on any atom is -0.504 e. The first-order chi connectivity index (χ1) is 25.2. The third-order valence-electron chi connectivity index (χ3n) is 11.7. The standard InChI is InChI=1S/C38H34ClIN4O8S/c1-16-21-13-18(39)5-8-27(21)53-33(16)25-15-28(42(3)41-25)44-35(49)23-14-22-19(6-7-20-30(22)36(50)43(34(20)48)10-9-29(45)46)31(38(23,2)37(44)51)17-11-24(40)32(47)26(12-17)52-4/h5-6,8,11-13,15,20,22-23,30-31,47H,7,9-10,14H2,1-4H3,(H,45,46). The Morgan fingerprint density at radius 1 is 1.11 bits per heavy atom. The number of anilines is 1. The van der Waals surface area contributed by atoms with E-state index in [2.05, 4.69) is 0 Å². The number of nitrogens with zero attached hydrogens (tertiary/aromatic N) is 4. The van der Waals surface area contributed by atoms with Gasteiger partial charge in [-0.3, -0.25) is 33.6 Å². The van der Waals surface area contributed by atoms with Crippen LogP contribution in [-0.4, -0.2) is 68.1 Å². The van der Waals surface area contributed by atoms with Gasteiger partial charge in [0.1, 0.15) is 11.5 Å². The zero-order valence-electron chi connectivity index (χ0n) is 29.1. The molecule has 2 N–H and O–H groups in total. The van der Waals surface area contributed by atoms with Crippen LogP contribution in [0, 0.1) is 39.6 Å². The van der Waals surface area contributed by atoms with E-state index < -0.39 is 64.6 Å². The first-order valence-corrected chi connectivity index (χ1v) is 19.4. The fourth-order valence-corrected chi connectivity index (χ4v) is 11.2. The van der Waals surface area contributed by atoms with E-state index in [1.807, 2.05) is 53.8 Å². The van der Waals surface area contributed by atoms with Gasteiger partial charge in [-0.25, -0.2) is 4.90 Å². The summed E-state index contributed by atoms with van der Waals surface area (Å²) in [5.41, 5.74) is 1.64. The van der Waals surface area contributed by atoms with Gasteiger partial charge in [0.15, 0.2) is 11.5 Å². The molecule has 0 spiro atoms. The number of aryl methyl sites for hydroxylation is 2. The number of phenolic OH excluding ortho intramolecular Hbond substituents is 1. The summed E-state index contributed by atoms with van der Waals surface area (Å²) in [6, 6.07) is 10.9. The molecule has 12 nitrogen and oxygen atoms in total. The van der Waals surface area contributed by atoms with Crippen molar-refractivity contribution >= 4 is 91.0 Å². The fourth-order valence-electron chi connectivity index (χ4n) is 9.24. The number of methoxy groups -OCH3 is 1. The van der Waals surface area contributed by atoms with Crippen LogP contribution < -0.4 is 9.64 Å². The van der Waals surface area contributed by atoms with Gasteiger partial charge in [-0.05, 0) is 102 Å². The number of benzene rings is 2. The summed E-state index contributed by atoms with van der Waals surface area (Å²) in [5.74, 6) is -6.12. The van der Waals surface area contributed by atoms with Gasteiger partial charge in [0.2, 0.25) is 23.6 Å². The molecule has 2 aromatic heterocycles. The summed E-state index contributed by atoms with van der Waals surface area (Å²) in [4.78, 5) is 72.0. The van der Waals surface area contributed by atoms with Gasteiger partial charge in [-0.15, -0.1) is 11.3 Å². The second-order valence-electron chi connectivity index (χ2n) is 14.4. The van der Waals surface area contributed by atoms with E-state index in [1.54, 1.807) is 43.5 Å². The van der Waals surface area contributed by atoms with Crippen molar-refractivity contribution in [3.8, 4) is 22.1 Å². The Morgan fingerprint density at radius 3 is 2.58 bits per heavy atom. The molecule has 8 rings (SSSR count). The highest BCUT2D eigenvalue weighted by molar-refractivity contribution is 14.1. The Balaban J connectivity index is 1.25. The molecule has 6 unspecified atom stereocenters. The van der Waals surface area contributed by atoms with Crippen LogP contribution in [0.1, 0.15) is 43.2 Å². The smallest absolute Gasteiger partial charge is 0.305 e. The number of amides is 4. The SMILES string of the molecule is COc1cc(C2C3=CCC4C(=O)N(CCC(=O)O)C(=O)C4C3CC3C(=O)N(c4cc(-c5sc6ccc(Cl)cc6c5C)nn4C)C(=O)C32C)cc(I)c1O. The van der Waals surface area contributed by atoms with Crippen LogP contribution in [0.2, 0.25) is 5.02 Å². The largest absolute Gasteiger partial charge is 0.504 e. The number of carbonyl (C=O) groups excluding carboxylic acids is 4. The minimum absolute atomic E-state index is 0.0640. The lowest BCUT2D eigenvalue weighted by molar-refractivity contribution is -0.142. The number of halogens is 2. The number of aromatic hydroxyl groups is 1. The number of aromatic nitrogens is 2. The number of likely N-dealkylation sites (tertiary alicyclic amines) is 1. The van der Waals surface area contributed by atoms with E-state index in [0.29, 0.717) is 25.7 Å². The van der Waals surface area contributed by atoms with Crippen LogP contribution >= 0.6 is 45.5 Å². The van der Waals surface area contributed by atoms with Crippen molar-refractivity contribution in [2.45, 2.75) is 39.0 Å². The average molecular weight is 869 g/mol. The van der Waals surface area contributed by atoms with Crippen LogP contribution in [0.5, 0.6) is 11.5 Å². The molecule has 15 heteroatoms. The normalized spacial score (nSPS) is 26.6. The number of carboxylic acid groups (broad SMARTS) is 1. The maximum atomic E-state index is 15.1. The Bertz CT molecular complexity index is 2350. The van der Waals surface area contributed by atoms with Crippen molar-refractivity contribution in [2.24, 2.45) is 36.1 Å². The lowest BCUT2D eigenvalue weighted by Crippen LogP contribution is -2.49. The number of thiophene rings is 1. The first-order valence-electron chi connectivity index (χ1n) is 17.1. The summed E-state index contributed by atoms with van der Waals surface area (Å²) in [6.07, 6.45) is 1.92. The van der Waals surface area contributed by atoms with Gasteiger partial charge < -0.3 is 14.9 Å². The van der Waals surface area contributed by atoms with Gasteiger partial charge in [-0.1, -0.05) is 23.3 Å². The first kappa shape index (κ1) is 35.7. The topological polar surface area (TPSA) is 159 Å². The molecule has 4 heterocycles. The molecule has 4 aromatic rings. The van der Waals surface area contributed by atoms with E-state index in [-0.39, 0.29) is 37.3 Å². The highest BCUT2D eigenvalue weighted by Gasteiger charge is 2.68. The Kier molecular flexibility index (Phi) is 8.53. The van der Waals surface area contributed by atoms with Crippen molar-refractivity contribution in [3.05, 3.63) is 67.8 Å². The predicted molar refractivity (Wildman–Crippen MR) is 205 cm³/mol. The summed E-state index contributed by atoms with van der Waals surface area (Å²) < 4.78 is 8.56. The summed E-state index contributed by atoms with van der Waals surface area (Å²) in [5, 5.41) is 26.5. The van der Waals surface area contributed by atoms with E-state index in [0.717, 1.165) is 31.0 Å². The van der Waals surface area contributed by atoms with Gasteiger partial charge in [0.25, 0.3) is 0 Å². The van der Waals surface area contributed by atoms with Gasteiger partial charge in [-0.2, -0.15) is 5.10 Å². The van der Waals surface area contributed by atoms with Crippen LogP contribution in [0.3, 0.4) is 0 Å². The number of phenols is 1. The highest BCUT2D eigenvalue weighted by atomic mass is 127. The number of hydrogen-bond donors (Lipinski definition) is 2. The Labute approximate surface area is 326 Å². The molecular formula is C38H34ClIN4O8S. The molecule has 2 aliphatic heterocycles. The van der Waals surface area contributed by atoms with E-state index in [9.17, 15) is 29.4 Å². The molecule has 4 aliphatic rings. The van der Waals surface area contributed by atoms with Gasteiger partial charge in [0, 0.05) is 35.3 Å². The third kappa shape index (κ3) is 5.18. The molecule has 4 amide bonds. The van der Waals surface area contributed by atoms with Crippen LogP contribution in [0.25, 0.3) is 20.7 Å². The van der Waals surface area contributed by atoms with Gasteiger partial charge in [0.05, 0.1) is 45.1 Å². The highest BCUT2D eigenvalue weighted by Crippen LogP contribution is 2.64. The number of ether oxygens (including phenoxy) is 1. The number of aliphatic carboxylic acids is 1. The molecule has 53 heavy (non-hydrogen) atoms. The lowest BCUT2D eigenvalue weighted by Gasteiger charge is -2.49. The molecule has 2 saturated heterocycles. The minimum atomic E-state index is -1.33. The maximum absolute atomic E-state index is 15.1. The quantitative estimate of drug-likeness (QED) is 0.124. The third-order valence-corrected chi connectivity index (χ3v) is 14.1. The Morgan fingerprint density at radius 2 is 1.87 bits per heavy atom. The Hall–Kier alpha value is -4.28. The lowest BCUT2D eigenvalue weighted by atomic mass is 9.51. The van der Waals surface area contributed by atoms with Crippen LogP contribution in [-0.2, 0) is 31.0 Å². The number of rotatable bonds is 7. The van der Waals surface area contributed by atoms with Crippen molar-refractivity contribution < 1.29 is 38.9 Å². The van der Waals surface area contributed by atoms with Gasteiger partial charge >= 0.3 is 5.97 Å². The van der Waals surface area contributed by atoms with Crippen molar-refractivity contribution in [1.82, 2.24) is 14.7 Å². The van der Waals surface area contributed by atoms with E-state index in [1.165, 1.54) is 16.7 Å². The van der Waals surface area contributed by atoms with Crippen molar-refractivity contribution in [1.29, 1.82) is 0 Å². The number of imide groups is 2. The van der Waals surface area contributed by atoms with E-state index >= 15 is 4.79 Å². The summed E-state index contributed by atoms with van der Waals surface area (Å²) in [7, 11) is 3.12. The molecule has 6 atom stereocenters. The predicted octanol–water partition coefficient (Wildman–Crippen LogP) is 6.29. The maximum Gasteiger partial charge on any atom is 0.305 e. The molecule has 0 radical (unpaired) electrons. The fraction of sp³-hybridized carbons (Fsp3) is 0.368. The average Bonchev–Trinajstić information content (AvgIpc) is 3.78. The molecule has 0 bridgehead atoms. The molecule has 2 aliphatic carbocycles. The van der Waals surface area contributed by atoms with Crippen molar-refractivity contribution in [2.75, 3.05) is 18.6 Å².